The number of aromatic nitrogens is 2. The van der Waals surface area contributed by atoms with Gasteiger partial charge < -0.3 is 10.6 Å². The molecule has 0 aliphatic carbocycles. The molecular weight excluding hydrogens is 188 g/mol. The summed E-state index contributed by atoms with van der Waals surface area (Å²) in [5.74, 6) is 0. The Morgan fingerprint density at radius 2 is 1.73 bits per heavy atom. The Labute approximate surface area is 89.5 Å². The van der Waals surface area contributed by atoms with Crippen LogP contribution in [0.3, 0.4) is 0 Å². The first-order valence-corrected chi connectivity index (χ1v) is 5.63. The summed E-state index contributed by atoms with van der Waals surface area (Å²) in [7, 11) is 0. The summed E-state index contributed by atoms with van der Waals surface area (Å²) in [5, 5.41) is 0. The average molecular weight is 204 g/mol. The lowest BCUT2D eigenvalue weighted by atomic mass is 9.98. The Bertz CT molecular complexity index is 326. The molecule has 15 heavy (non-hydrogen) atoms. The lowest BCUT2D eigenvalue weighted by Crippen LogP contribution is -2.47. The van der Waals surface area contributed by atoms with Gasteiger partial charge in [-0.3, -0.25) is 0 Å². The zero-order valence-corrected chi connectivity index (χ0v) is 8.71. The van der Waals surface area contributed by atoms with E-state index in [1.165, 1.54) is 12.8 Å². The molecule has 80 valence electrons. The van der Waals surface area contributed by atoms with Crippen molar-refractivity contribution in [1.29, 1.82) is 0 Å². The number of hydrogen-bond donors (Lipinski definition) is 1. The van der Waals surface area contributed by atoms with Crippen molar-refractivity contribution in [2.45, 2.75) is 43.8 Å². The third-order valence-corrected chi connectivity index (χ3v) is 3.61. The van der Waals surface area contributed by atoms with Gasteiger partial charge in [-0.15, -0.1) is 0 Å². The highest BCUT2D eigenvalue weighted by Gasteiger charge is 2.39. The van der Waals surface area contributed by atoms with Crippen molar-refractivity contribution in [3.05, 3.63) is 18.7 Å². The largest absolute Gasteiger partial charge is 0.363 e. The second-order valence-corrected chi connectivity index (χ2v) is 4.62. The van der Waals surface area contributed by atoms with E-state index in [1.54, 1.807) is 6.33 Å². The van der Waals surface area contributed by atoms with Crippen LogP contribution in [0.5, 0.6) is 0 Å². The number of anilines is 1. The number of nitrogens with zero attached hydrogens (tertiary/aromatic N) is 3. The Kier molecular flexibility index (Phi) is 2.09. The molecule has 2 fully saturated rings. The average Bonchev–Trinajstić information content (AvgIpc) is 2.53. The summed E-state index contributed by atoms with van der Waals surface area (Å²) in [6.07, 6.45) is 10.2. The minimum Gasteiger partial charge on any atom is -0.363 e. The lowest BCUT2D eigenvalue weighted by molar-refractivity contribution is 0.414. The first-order valence-electron chi connectivity index (χ1n) is 5.63. The minimum absolute atomic E-state index is 0.392. The smallest absolute Gasteiger partial charge is 0.115 e. The van der Waals surface area contributed by atoms with E-state index in [-0.39, 0.29) is 0 Å². The fraction of sp³-hybridized carbons (Fsp3) is 0.636. The van der Waals surface area contributed by atoms with Gasteiger partial charge in [0.05, 0.1) is 18.1 Å². The van der Waals surface area contributed by atoms with Crippen LogP contribution < -0.4 is 10.6 Å². The predicted molar refractivity (Wildman–Crippen MR) is 58.5 cm³/mol. The number of piperidine rings is 1. The van der Waals surface area contributed by atoms with Gasteiger partial charge in [-0.2, -0.15) is 0 Å². The fourth-order valence-electron chi connectivity index (χ4n) is 3.07. The summed E-state index contributed by atoms with van der Waals surface area (Å²) in [6, 6.07) is 1.62. The molecule has 0 saturated carbocycles. The van der Waals surface area contributed by atoms with Crippen molar-refractivity contribution in [3.8, 4) is 0 Å². The van der Waals surface area contributed by atoms with Crippen LogP contribution >= 0.6 is 0 Å². The van der Waals surface area contributed by atoms with Gasteiger partial charge in [-0.1, -0.05) is 0 Å². The molecule has 1 aromatic heterocycles. The van der Waals surface area contributed by atoms with Gasteiger partial charge in [-0.25, -0.2) is 9.97 Å². The first-order chi connectivity index (χ1) is 7.34. The Balaban J connectivity index is 1.89. The van der Waals surface area contributed by atoms with Crippen LogP contribution in [0.1, 0.15) is 25.7 Å². The highest BCUT2D eigenvalue weighted by Crippen LogP contribution is 2.38. The van der Waals surface area contributed by atoms with Crippen molar-refractivity contribution in [3.63, 3.8) is 0 Å². The van der Waals surface area contributed by atoms with Crippen LogP contribution in [-0.4, -0.2) is 28.1 Å². The van der Waals surface area contributed by atoms with Crippen LogP contribution in [0, 0.1) is 0 Å². The molecule has 0 amide bonds. The van der Waals surface area contributed by atoms with E-state index in [0.29, 0.717) is 18.1 Å². The second kappa shape index (κ2) is 3.45. The van der Waals surface area contributed by atoms with Gasteiger partial charge in [0.15, 0.2) is 0 Å². The zero-order chi connectivity index (χ0) is 10.3. The first kappa shape index (κ1) is 9.09. The van der Waals surface area contributed by atoms with Gasteiger partial charge in [0.2, 0.25) is 0 Å². The Morgan fingerprint density at radius 1 is 1.13 bits per heavy atom. The molecule has 2 unspecified atom stereocenters. The molecule has 1 aromatic rings. The highest BCUT2D eigenvalue weighted by atomic mass is 15.2. The number of rotatable bonds is 1. The molecule has 4 heteroatoms. The summed E-state index contributed by atoms with van der Waals surface area (Å²) in [4.78, 5) is 10.7. The lowest BCUT2D eigenvalue weighted by Gasteiger charge is -2.38. The number of hydrogen-bond acceptors (Lipinski definition) is 4. The summed E-state index contributed by atoms with van der Waals surface area (Å²) >= 11 is 0. The van der Waals surface area contributed by atoms with Crippen LogP contribution in [0.15, 0.2) is 18.7 Å². The number of nitrogens with two attached hydrogens (primary N) is 1. The molecule has 0 radical (unpaired) electrons. The fourth-order valence-corrected chi connectivity index (χ4v) is 3.07. The maximum Gasteiger partial charge on any atom is 0.115 e. The topological polar surface area (TPSA) is 55.0 Å². The summed E-state index contributed by atoms with van der Waals surface area (Å²) in [6.45, 7) is 0. The van der Waals surface area contributed by atoms with E-state index in [0.717, 1.165) is 18.5 Å². The zero-order valence-electron chi connectivity index (χ0n) is 8.71. The van der Waals surface area contributed by atoms with Gasteiger partial charge >= 0.3 is 0 Å². The van der Waals surface area contributed by atoms with Crippen LogP contribution in [0.2, 0.25) is 0 Å². The number of fused-ring (bicyclic) bond motifs is 2. The molecule has 4 nitrogen and oxygen atoms in total. The normalized spacial score (nSPS) is 34.5. The Hall–Kier alpha value is -1.16. The van der Waals surface area contributed by atoms with E-state index < -0.39 is 0 Å². The van der Waals surface area contributed by atoms with E-state index in [9.17, 15) is 0 Å². The third kappa shape index (κ3) is 1.49. The SMILES string of the molecule is NC1CC2CCC(C1)N2c1cncnc1. The molecule has 2 aliphatic heterocycles. The molecule has 2 bridgehead atoms. The van der Waals surface area contributed by atoms with Crippen molar-refractivity contribution in [1.82, 2.24) is 9.97 Å². The Morgan fingerprint density at radius 3 is 2.33 bits per heavy atom. The maximum absolute atomic E-state index is 6.04. The highest BCUT2D eigenvalue weighted by molar-refractivity contribution is 5.46. The van der Waals surface area contributed by atoms with Crippen LogP contribution in [0.25, 0.3) is 0 Å². The van der Waals surface area contributed by atoms with E-state index in [2.05, 4.69) is 14.9 Å². The van der Waals surface area contributed by atoms with E-state index >= 15 is 0 Å². The molecule has 3 rings (SSSR count). The summed E-state index contributed by atoms with van der Waals surface area (Å²) < 4.78 is 0. The predicted octanol–water partition coefficient (Wildman–Crippen LogP) is 0.935. The van der Waals surface area contributed by atoms with Crippen LogP contribution in [-0.2, 0) is 0 Å². The monoisotopic (exact) mass is 204 g/mol. The van der Waals surface area contributed by atoms with Crippen LogP contribution in [0.4, 0.5) is 5.69 Å². The van der Waals surface area contributed by atoms with Gasteiger partial charge in [-0.05, 0) is 25.7 Å². The molecule has 0 aromatic carbocycles. The maximum atomic E-state index is 6.04. The van der Waals surface area contributed by atoms with Gasteiger partial charge in [0.1, 0.15) is 6.33 Å². The quantitative estimate of drug-likeness (QED) is 0.739. The molecule has 2 saturated heterocycles. The van der Waals surface area contributed by atoms with Crippen molar-refractivity contribution >= 4 is 5.69 Å². The van der Waals surface area contributed by atoms with E-state index in [1.807, 2.05) is 12.4 Å². The van der Waals surface area contributed by atoms with Gasteiger partial charge in [0, 0.05) is 18.1 Å². The standard InChI is InChI=1S/C11H16N4/c12-8-3-9-1-2-10(4-8)15(9)11-5-13-7-14-6-11/h5-10H,1-4,12H2. The van der Waals surface area contributed by atoms with Gasteiger partial charge in [0.25, 0.3) is 0 Å². The third-order valence-electron chi connectivity index (χ3n) is 3.61. The molecule has 2 atom stereocenters. The minimum atomic E-state index is 0.392. The molecule has 3 heterocycles. The van der Waals surface area contributed by atoms with E-state index in [4.69, 9.17) is 5.73 Å². The van der Waals surface area contributed by atoms with Crippen molar-refractivity contribution in [2.75, 3.05) is 4.90 Å². The summed E-state index contributed by atoms with van der Waals surface area (Å²) in [5.41, 5.74) is 7.20. The molecule has 2 aliphatic rings. The molecule has 0 spiro atoms. The molecule has 2 N–H and O–H groups in total. The second-order valence-electron chi connectivity index (χ2n) is 4.62. The van der Waals surface area contributed by atoms with Crippen molar-refractivity contribution < 1.29 is 0 Å². The molecular formula is C11H16N4. The van der Waals surface area contributed by atoms with Crippen molar-refractivity contribution in [2.24, 2.45) is 5.73 Å².